The number of rotatable bonds is 2. The average Bonchev–Trinajstić information content (AvgIpc) is 2.78. The quantitative estimate of drug-likeness (QED) is 0.752. The highest BCUT2D eigenvalue weighted by Gasteiger charge is 2.28. The molecule has 0 aromatic heterocycles. The number of hydrogen-bond acceptors (Lipinski definition) is 2. The standard InChI is InChI=1S/C17H13BrN2O/c1-12-16(11-13-7-9-14(18)10-8-13)17(21)20(19-12)15-5-3-2-4-6-15/h2-11H,1H3. The fourth-order valence-electron chi connectivity index (χ4n) is 2.15. The Bertz CT molecular complexity index is 733. The molecule has 2 aromatic rings. The predicted octanol–water partition coefficient (Wildman–Crippen LogP) is 4.26. The van der Waals surface area contributed by atoms with Crippen molar-refractivity contribution < 1.29 is 4.79 Å². The molecule has 1 amide bonds. The minimum atomic E-state index is -0.0957. The molecule has 3 nitrogen and oxygen atoms in total. The van der Waals surface area contributed by atoms with Gasteiger partial charge in [0.2, 0.25) is 0 Å². The van der Waals surface area contributed by atoms with Crippen LogP contribution in [0.4, 0.5) is 5.69 Å². The third kappa shape index (κ3) is 2.81. The molecule has 0 spiro atoms. The number of carbonyl (C=O) groups excluding carboxylic acids is 1. The molecule has 0 fully saturated rings. The Balaban J connectivity index is 1.94. The minimum Gasteiger partial charge on any atom is -0.267 e. The Morgan fingerprint density at radius 3 is 2.38 bits per heavy atom. The van der Waals surface area contributed by atoms with Gasteiger partial charge in [-0.1, -0.05) is 46.3 Å². The second-order valence-electron chi connectivity index (χ2n) is 4.75. The molecule has 0 saturated carbocycles. The number of hydrogen-bond donors (Lipinski definition) is 0. The van der Waals surface area contributed by atoms with Gasteiger partial charge in [-0.3, -0.25) is 4.79 Å². The molecule has 1 aliphatic heterocycles. The number of para-hydroxylation sites is 1. The monoisotopic (exact) mass is 340 g/mol. The number of hydrazone groups is 1. The van der Waals surface area contributed by atoms with Gasteiger partial charge in [0.1, 0.15) is 0 Å². The van der Waals surface area contributed by atoms with E-state index in [1.807, 2.05) is 67.6 Å². The van der Waals surface area contributed by atoms with Gasteiger partial charge >= 0.3 is 0 Å². The number of benzene rings is 2. The zero-order chi connectivity index (χ0) is 14.8. The average molecular weight is 341 g/mol. The van der Waals surface area contributed by atoms with Crippen molar-refractivity contribution in [3.63, 3.8) is 0 Å². The number of nitrogens with zero attached hydrogens (tertiary/aromatic N) is 2. The molecular weight excluding hydrogens is 328 g/mol. The van der Waals surface area contributed by atoms with Gasteiger partial charge in [0.15, 0.2) is 0 Å². The largest absolute Gasteiger partial charge is 0.280 e. The van der Waals surface area contributed by atoms with Gasteiger partial charge in [0.25, 0.3) is 5.91 Å². The van der Waals surface area contributed by atoms with E-state index in [1.54, 1.807) is 0 Å². The van der Waals surface area contributed by atoms with Crippen molar-refractivity contribution in [1.29, 1.82) is 0 Å². The van der Waals surface area contributed by atoms with Crippen molar-refractivity contribution in [3.05, 3.63) is 70.2 Å². The van der Waals surface area contributed by atoms with E-state index in [0.29, 0.717) is 5.57 Å². The van der Waals surface area contributed by atoms with Crippen LogP contribution in [0.25, 0.3) is 6.08 Å². The Morgan fingerprint density at radius 2 is 1.71 bits per heavy atom. The van der Waals surface area contributed by atoms with Crippen molar-refractivity contribution in [2.75, 3.05) is 5.01 Å². The van der Waals surface area contributed by atoms with Gasteiger partial charge in [0, 0.05) is 4.47 Å². The van der Waals surface area contributed by atoms with Crippen LogP contribution in [0.1, 0.15) is 12.5 Å². The first-order chi connectivity index (χ1) is 10.1. The summed E-state index contributed by atoms with van der Waals surface area (Å²) in [7, 11) is 0. The van der Waals surface area contributed by atoms with Crippen LogP contribution in [0.15, 0.2) is 69.7 Å². The molecule has 0 aliphatic carbocycles. The first-order valence-electron chi connectivity index (χ1n) is 6.57. The molecule has 3 rings (SSSR count). The summed E-state index contributed by atoms with van der Waals surface area (Å²) in [5, 5.41) is 5.80. The maximum Gasteiger partial charge on any atom is 0.280 e. The van der Waals surface area contributed by atoms with E-state index in [2.05, 4.69) is 21.0 Å². The number of carbonyl (C=O) groups is 1. The summed E-state index contributed by atoms with van der Waals surface area (Å²) in [4.78, 5) is 12.5. The van der Waals surface area contributed by atoms with Gasteiger partial charge < -0.3 is 0 Å². The molecule has 0 atom stereocenters. The molecule has 104 valence electrons. The number of anilines is 1. The summed E-state index contributed by atoms with van der Waals surface area (Å²) in [6, 6.07) is 17.3. The normalized spacial score (nSPS) is 16.5. The first-order valence-corrected chi connectivity index (χ1v) is 7.37. The summed E-state index contributed by atoms with van der Waals surface area (Å²) in [6.45, 7) is 1.85. The lowest BCUT2D eigenvalue weighted by Gasteiger charge is -2.10. The van der Waals surface area contributed by atoms with Crippen LogP contribution in [0.3, 0.4) is 0 Å². The molecule has 2 aromatic carbocycles. The highest BCUT2D eigenvalue weighted by molar-refractivity contribution is 9.10. The first kappa shape index (κ1) is 13.8. The number of amides is 1. The molecule has 1 heterocycles. The smallest absolute Gasteiger partial charge is 0.267 e. The molecule has 0 saturated heterocycles. The lowest BCUT2D eigenvalue weighted by atomic mass is 10.1. The van der Waals surface area contributed by atoms with E-state index >= 15 is 0 Å². The van der Waals surface area contributed by atoms with Crippen LogP contribution in [-0.4, -0.2) is 11.6 Å². The lowest BCUT2D eigenvalue weighted by Crippen LogP contribution is -2.21. The predicted molar refractivity (Wildman–Crippen MR) is 89.2 cm³/mol. The van der Waals surface area contributed by atoms with Crippen LogP contribution in [0.2, 0.25) is 0 Å². The Hall–Kier alpha value is -2.20. The fraction of sp³-hybridized carbons (Fsp3) is 0.0588. The van der Waals surface area contributed by atoms with Gasteiger partial charge in [-0.25, -0.2) is 0 Å². The third-order valence-electron chi connectivity index (χ3n) is 3.24. The van der Waals surface area contributed by atoms with E-state index in [1.165, 1.54) is 5.01 Å². The van der Waals surface area contributed by atoms with Gasteiger partial charge in [0.05, 0.1) is 17.0 Å². The maximum atomic E-state index is 12.5. The Morgan fingerprint density at radius 1 is 1.05 bits per heavy atom. The number of halogens is 1. The molecule has 0 radical (unpaired) electrons. The van der Waals surface area contributed by atoms with Crippen LogP contribution in [0.5, 0.6) is 0 Å². The van der Waals surface area contributed by atoms with E-state index in [4.69, 9.17) is 0 Å². The zero-order valence-corrected chi connectivity index (χ0v) is 13.0. The summed E-state index contributed by atoms with van der Waals surface area (Å²) >= 11 is 3.40. The third-order valence-corrected chi connectivity index (χ3v) is 3.77. The van der Waals surface area contributed by atoms with Crippen molar-refractivity contribution >= 4 is 39.3 Å². The molecule has 0 N–H and O–H groups in total. The summed E-state index contributed by atoms with van der Waals surface area (Å²) in [5.41, 5.74) is 3.11. The lowest BCUT2D eigenvalue weighted by molar-refractivity contribution is -0.114. The highest BCUT2D eigenvalue weighted by atomic mass is 79.9. The molecule has 1 aliphatic rings. The van der Waals surface area contributed by atoms with Crippen LogP contribution < -0.4 is 5.01 Å². The Kier molecular flexibility index (Phi) is 3.71. The molecule has 4 heteroatoms. The second kappa shape index (κ2) is 5.66. The van der Waals surface area contributed by atoms with Crippen molar-refractivity contribution in [3.8, 4) is 0 Å². The van der Waals surface area contributed by atoms with Crippen LogP contribution in [-0.2, 0) is 4.79 Å². The molecule has 0 bridgehead atoms. The topological polar surface area (TPSA) is 32.7 Å². The van der Waals surface area contributed by atoms with Crippen molar-refractivity contribution in [2.24, 2.45) is 5.10 Å². The highest BCUT2D eigenvalue weighted by Crippen LogP contribution is 2.24. The minimum absolute atomic E-state index is 0.0957. The van der Waals surface area contributed by atoms with E-state index in [-0.39, 0.29) is 5.91 Å². The van der Waals surface area contributed by atoms with Gasteiger partial charge in [-0.05, 0) is 42.8 Å². The van der Waals surface area contributed by atoms with Crippen LogP contribution >= 0.6 is 15.9 Å². The summed E-state index contributed by atoms with van der Waals surface area (Å²) in [5.74, 6) is -0.0957. The molecule has 0 unspecified atom stereocenters. The van der Waals surface area contributed by atoms with E-state index in [0.717, 1.165) is 21.4 Å². The molecule has 21 heavy (non-hydrogen) atoms. The second-order valence-corrected chi connectivity index (χ2v) is 5.66. The van der Waals surface area contributed by atoms with Crippen LogP contribution in [0, 0.1) is 0 Å². The van der Waals surface area contributed by atoms with E-state index in [9.17, 15) is 4.79 Å². The summed E-state index contributed by atoms with van der Waals surface area (Å²) < 4.78 is 1.01. The van der Waals surface area contributed by atoms with Crippen molar-refractivity contribution in [2.45, 2.75) is 6.92 Å². The van der Waals surface area contributed by atoms with Gasteiger partial charge in [-0.15, -0.1) is 0 Å². The van der Waals surface area contributed by atoms with E-state index < -0.39 is 0 Å². The Labute approximate surface area is 131 Å². The van der Waals surface area contributed by atoms with Crippen molar-refractivity contribution in [1.82, 2.24) is 0 Å². The maximum absolute atomic E-state index is 12.5. The fourth-order valence-corrected chi connectivity index (χ4v) is 2.42. The summed E-state index contributed by atoms with van der Waals surface area (Å²) in [6.07, 6.45) is 1.87. The SMILES string of the molecule is CC1=NN(c2ccccc2)C(=O)C1=Cc1ccc(Br)cc1. The molecular formula is C17H13BrN2O. The zero-order valence-electron chi connectivity index (χ0n) is 11.5. The van der Waals surface area contributed by atoms with Gasteiger partial charge in [-0.2, -0.15) is 10.1 Å².